The lowest BCUT2D eigenvalue weighted by atomic mass is 9.84. The Hall–Kier alpha value is -2.16. The summed E-state index contributed by atoms with van der Waals surface area (Å²) in [7, 11) is -0.173. The smallest absolute Gasteiger partial charge is 0.262 e. The Morgan fingerprint density at radius 1 is 1.19 bits per heavy atom. The quantitative estimate of drug-likeness (QED) is 0.736. The monoisotopic (exact) mass is 459 g/mol. The first-order valence-corrected chi connectivity index (χ1v) is 12.7. The topological polar surface area (TPSA) is 80.8 Å². The highest BCUT2D eigenvalue weighted by Gasteiger charge is 2.30. The van der Waals surface area contributed by atoms with E-state index in [1.165, 1.54) is 7.11 Å². The van der Waals surface area contributed by atoms with E-state index in [0.29, 0.717) is 17.5 Å². The number of benzene rings is 1. The van der Waals surface area contributed by atoms with Gasteiger partial charge in [-0.3, -0.25) is 4.72 Å². The minimum absolute atomic E-state index is 0.154. The third kappa shape index (κ3) is 5.08. The van der Waals surface area contributed by atoms with Crippen LogP contribution in [0.3, 0.4) is 0 Å². The predicted molar refractivity (Wildman–Crippen MR) is 125 cm³/mol. The summed E-state index contributed by atoms with van der Waals surface area (Å²) in [5, 5.41) is 0. The van der Waals surface area contributed by atoms with E-state index in [-0.39, 0.29) is 10.5 Å². The SMILES string of the molecule is COc1nc2c(cc1NS(=O)(=O)c1ccc([C@@H]3CCOC(C)(C)C3)cc1)CCN(C)CC2. The van der Waals surface area contributed by atoms with Crippen molar-refractivity contribution in [2.24, 2.45) is 0 Å². The zero-order chi connectivity index (χ0) is 22.9. The van der Waals surface area contributed by atoms with E-state index in [2.05, 4.69) is 35.5 Å². The molecule has 2 aromatic rings. The average molecular weight is 460 g/mol. The molecule has 4 rings (SSSR count). The Morgan fingerprint density at radius 2 is 1.91 bits per heavy atom. The van der Waals surface area contributed by atoms with Crippen molar-refractivity contribution in [1.29, 1.82) is 0 Å². The molecular weight excluding hydrogens is 426 g/mol. The molecule has 0 amide bonds. The molecule has 1 atom stereocenters. The number of fused-ring (bicyclic) bond motifs is 1. The maximum atomic E-state index is 13.1. The molecule has 0 bridgehead atoms. The molecule has 1 fully saturated rings. The van der Waals surface area contributed by atoms with Crippen LogP contribution in [0.2, 0.25) is 0 Å². The van der Waals surface area contributed by atoms with Gasteiger partial charge < -0.3 is 14.4 Å². The molecule has 1 saturated heterocycles. The average Bonchev–Trinajstić information content (AvgIpc) is 2.93. The molecule has 0 unspecified atom stereocenters. The molecule has 1 aromatic heterocycles. The fourth-order valence-electron chi connectivity index (χ4n) is 4.59. The van der Waals surface area contributed by atoms with Gasteiger partial charge in [0.05, 0.1) is 17.6 Å². The summed E-state index contributed by atoms with van der Waals surface area (Å²) in [4.78, 5) is 7.08. The highest BCUT2D eigenvalue weighted by molar-refractivity contribution is 7.92. The van der Waals surface area contributed by atoms with Crippen molar-refractivity contribution < 1.29 is 17.9 Å². The van der Waals surface area contributed by atoms with Gasteiger partial charge in [-0.1, -0.05) is 12.1 Å². The number of likely N-dealkylation sites (N-methyl/N-ethyl adjacent to an activating group) is 1. The predicted octanol–water partition coefficient (Wildman–Crippen LogP) is 3.59. The number of nitrogens with one attached hydrogen (secondary N) is 1. The Balaban J connectivity index is 1.55. The summed E-state index contributed by atoms with van der Waals surface area (Å²) in [6.07, 6.45) is 3.51. The zero-order valence-corrected chi connectivity index (χ0v) is 20.2. The van der Waals surface area contributed by atoms with Gasteiger partial charge in [-0.2, -0.15) is 0 Å². The molecule has 0 aliphatic carbocycles. The first-order valence-electron chi connectivity index (χ1n) is 11.2. The van der Waals surface area contributed by atoms with Crippen molar-refractivity contribution >= 4 is 15.7 Å². The third-order valence-electron chi connectivity index (χ3n) is 6.45. The molecule has 8 heteroatoms. The number of aromatic nitrogens is 1. The van der Waals surface area contributed by atoms with Crippen LogP contribution in [0, 0.1) is 0 Å². The molecule has 1 N–H and O–H groups in total. The van der Waals surface area contributed by atoms with Crippen molar-refractivity contribution in [1.82, 2.24) is 9.88 Å². The van der Waals surface area contributed by atoms with Crippen molar-refractivity contribution in [3.8, 4) is 5.88 Å². The van der Waals surface area contributed by atoms with Gasteiger partial charge in [0.15, 0.2) is 0 Å². The summed E-state index contributed by atoms with van der Waals surface area (Å²) in [5.74, 6) is 0.674. The first-order chi connectivity index (χ1) is 15.2. The van der Waals surface area contributed by atoms with E-state index in [4.69, 9.17) is 9.47 Å². The highest BCUT2D eigenvalue weighted by atomic mass is 32.2. The van der Waals surface area contributed by atoms with Gasteiger partial charge in [-0.25, -0.2) is 13.4 Å². The van der Waals surface area contributed by atoms with E-state index in [1.54, 1.807) is 12.1 Å². The second kappa shape index (κ2) is 9.00. The number of nitrogens with zero attached hydrogens (tertiary/aromatic N) is 2. The van der Waals surface area contributed by atoms with E-state index >= 15 is 0 Å². The Kier molecular flexibility index (Phi) is 6.47. The van der Waals surface area contributed by atoms with Crippen LogP contribution >= 0.6 is 0 Å². The van der Waals surface area contributed by atoms with Crippen LogP contribution in [-0.4, -0.2) is 57.8 Å². The molecule has 7 nitrogen and oxygen atoms in total. The van der Waals surface area contributed by atoms with Gasteiger partial charge >= 0.3 is 0 Å². The van der Waals surface area contributed by atoms with Crippen molar-refractivity contribution in [2.75, 3.05) is 38.6 Å². The fourth-order valence-corrected chi connectivity index (χ4v) is 5.64. The van der Waals surface area contributed by atoms with Crippen LogP contribution in [0.15, 0.2) is 35.2 Å². The summed E-state index contributed by atoms with van der Waals surface area (Å²) >= 11 is 0. The highest BCUT2D eigenvalue weighted by Crippen LogP contribution is 2.36. The Morgan fingerprint density at radius 3 is 2.59 bits per heavy atom. The molecular formula is C24H33N3O4S. The zero-order valence-electron chi connectivity index (χ0n) is 19.3. The van der Waals surface area contributed by atoms with Crippen molar-refractivity contribution in [3.05, 3.63) is 47.2 Å². The number of hydrogen-bond donors (Lipinski definition) is 1. The standard InChI is InChI=1S/C24H33N3O4S/c1-24(2)16-19(11-14-31-24)17-5-7-20(8-6-17)32(28,29)26-22-15-18-9-12-27(3)13-10-21(18)25-23(22)30-4/h5-8,15,19,26H,9-14,16H2,1-4H3/t19-/m1/s1. The number of hydrogen-bond acceptors (Lipinski definition) is 6. The maximum Gasteiger partial charge on any atom is 0.262 e. The lowest BCUT2D eigenvalue weighted by Gasteiger charge is -2.35. The molecule has 2 aliphatic rings. The van der Waals surface area contributed by atoms with E-state index < -0.39 is 10.0 Å². The maximum absolute atomic E-state index is 13.1. The minimum Gasteiger partial charge on any atom is -0.479 e. The molecule has 3 heterocycles. The fraction of sp³-hybridized carbons (Fsp3) is 0.542. The van der Waals surface area contributed by atoms with Gasteiger partial charge in [-0.15, -0.1) is 0 Å². The molecule has 0 saturated carbocycles. The summed E-state index contributed by atoms with van der Waals surface area (Å²) < 4.78 is 40.2. The third-order valence-corrected chi connectivity index (χ3v) is 7.83. The number of rotatable bonds is 5. The Bertz CT molecular complexity index is 1070. The van der Waals surface area contributed by atoms with Crippen molar-refractivity contribution in [2.45, 2.75) is 55.9 Å². The summed E-state index contributed by atoms with van der Waals surface area (Å²) in [6, 6.07) is 9.07. The van der Waals surface area contributed by atoms with Crippen LogP contribution in [-0.2, 0) is 27.6 Å². The summed E-state index contributed by atoms with van der Waals surface area (Å²) in [5.41, 5.74) is 3.40. The van der Waals surface area contributed by atoms with Gasteiger partial charge in [0.25, 0.3) is 10.0 Å². The van der Waals surface area contributed by atoms with Crippen LogP contribution in [0.5, 0.6) is 5.88 Å². The molecule has 0 spiro atoms. The van der Waals surface area contributed by atoms with Crippen molar-refractivity contribution in [3.63, 3.8) is 0 Å². The number of anilines is 1. The number of pyridine rings is 1. The molecule has 32 heavy (non-hydrogen) atoms. The molecule has 1 aromatic carbocycles. The molecule has 174 valence electrons. The molecule has 0 radical (unpaired) electrons. The lowest BCUT2D eigenvalue weighted by Crippen LogP contribution is -2.32. The van der Waals surface area contributed by atoms with Gasteiger partial charge in [-0.05, 0) is 75.4 Å². The molecule has 2 aliphatic heterocycles. The van der Waals surface area contributed by atoms with Crippen LogP contribution in [0.4, 0.5) is 5.69 Å². The van der Waals surface area contributed by atoms with Gasteiger partial charge in [0.2, 0.25) is 5.88 Å². The van der Waals surface area contributed by atoms with E-state index in [1.807, 2.05) is 18.2 Å². The lowest BCUT2D eigenvalue weighted by molar-refractivity contribution is -0.0593. The Labute approximate surface area is 191 Å². The van der Waals surface area contributed by atoms with Gasteiger partial charge in [0, 0.05) is 31.8 Å². The van der Waals surface area contributed by atoms with Crippen LogP contribution in [0.25, 0.3) is 0 Å². The van der Waals surface area contributed by atoms with E-state index in [9.17, 15) is 8.42 Å². The number of methoxy groups -OCH3 is 1. The minimum atomic E-state index is -3.77. The first kappa shape index (κ1) is 23.0. The van der Waals surface area contributed by atoms with Crippen LogP contribution in [0.1, 0.15) is 49.4 Å². The van der Waals surface area contributed by atoms with Crippen LogP contribution < -0.4 is 9.46 Å². The van der Waals surface area contributed by atoms with Gasteiger partial charge in [0.1, 0.15) is 5.69 Å². The summed E-state index contributed by atoms with van der Waals surface area (Å²) in [6.45, 7) is 6.76. The number of ether oxygens (including phenoxy) is 2. The largest absolute Gasteiger partial charge is 0.479 e. The van der Waals surface area contributed by atoms with E-state index in [0.717, 1.165) is 62.2 Å². The second-order valence-corrected chi connectivity index (χ2v) is 11.1. The normalized spacial score (nSPS) is 21.4. The second-order valence-electron chi connectivity index (χ2n) is 9.43. The number of sulfonamides is 1.